The monoisotopic (exact) mass is 947 g/mol. The Labute approximate surface area is 388 Å². The van der Waals surface area contributed by atoms with Gasteiger partial charge in [-0.05, 0) is 124 Å². The van der Waals surface area contributed by atoms with Crippen molar-refractivity contribution in [1.29, 1.82) is 0 Å². The Bertz CT molecular complexity index is 1700. The van der Waals surface area contributed by atoms with Crippen molar-refractivity contribution in [3.63, 3.8) is 0 Å². The van der Waals surface area contributed by atoms with Gasteiger partial charge in [0.05, 0.1) is 43.2 Å². The van der Waals surface area contributed by atoms with Gasteiger partial charge in [-0.1, -0.05) is 46.3 Å². The second kappa shape index (κ2) is 19.2. The molecule has 0 radical (unpaired) electrons. The van der Waals surface area contributed by atoms with Crippen LogP contribution in [0, 0.1) is 45.3 Å². The fourth-order valence-corrected chi connectivity index (χ4v) is 14.9. The normalized spacial score (nSPS) is 53.5. The standard InChI is InChI=1S/C48H82O18/c1-21(2)11-10-14-48(9,66-42-38(60)35(57)32(54)26(19-49)63-42)23-12-16-46(7)30(23)24(51)17-28-45(6)15-13-29(52)44(4,5)40(45)25(18-47(28,46)8)62-43-39(36(58)33(55)27(20-50)64-43)65-41-37(59)34(56)31(53)22(3)61-41/h11,22-43,49-60H,10,12-20H2,1-9H3/t22-,23-,24+,25-,26+,27+,28+,29-,30-,31-,32+,33+,34-,35-,36-,37+,38-,39+,40-,41-,42-,43-,45+,46+,47+,48-/m0/s1. The van der Waals surface area contributed by atoms with Gasteiger partial charge in [-0.3, -0.25) is 0 Å². The van der Waals surface area contributed by atoms with Gasteiger partial charge in [-0.2, -0.15) is 0 Å². The van der Waals surface area contributed by atoms with Crippen molar-refractivity contribution in [3.05, 3.63) is 11.6 Å². The second-order valence-corrected chi connectivity index (χ2v) is 23.0. The maximum Gasteiger partial charge on any atom is 0.187 e. The summed E-state index contributed by atoms with van der Waals surface area (Å²) in [5.41, 5.74) is -2.43. The summed E-state index contributed by atoms with van der Waals surface area (Å²) < 4.78 is 38.1. The lowest BCUT2D eigenvalue weighted by Crippen LogP contribution is -2.71. The third kappa shape index (κ3) is 8.69. The molecule has 3 saturated heterocycles. The number of fused-ring (bicyclic) bond motifs is 5. The molecule has 7 aliphatic rings. The van der Waals surface area contributed by atoms with Crippen LogP contribution in [0.4, 0.5) is 0 Å². The molecular weight excluding hydrogens is 865 g/mol. The number of rotatable bonds is 12. The molecule has 0 aromatic rings. The van der Waals surface area contributed by atoms with Gasteiger partial charge in [0.2, 0.25) is 0 Å². The van der Waals surface area contributed by atoms with Crippen molar-refractivity contribution in [2.75, 3.05) is 13.2 Å². The molecule has 18 nitrogen and oxygen atoms in total. The molecule has 382 valence electrons. The highest BCUT2D eigenvalue weighted by atomic mass is 16.8. The summed E-state index contributed by atoms with van der Waals surface area (Å²) in [5, 5.41) is 132. The van der Waals surface area contributed by atoms with E-state index >= 15 is 0 Å². The van der Waals surface area contributed by atoms with E-state index in [4.69, 9.17) is 28.4 Å². The largest absolute Gasteiger partial charge is 0.394 e. The van der Waals surface area contributed by atoms with Crippen molar-refractivity contribution >= 4 is 0 Å². The first kappa shape index (κ1) is 52.8. The molecule has 0 unspecified atom stereocenters. The average molecular weight is 947 g/mol. The van der Waals surface area contributed by atoms with E-state index in [1.165, 1.54) is 6.92 Å². The summed E-state index contributed by atoms with van der Waals surface area (Å²) in [6.45, 7) is 16.8. The Morgan fingerprint density at radius 1 is 0.682 bits per heavy atom. The van der Waals surface area contributed by atoms with Crippen molar-refractivity contribution < 1.29 is 89.7 Å². The number of aliphatic hydroxyl groups excluding tert-OH is 12. The van der Waals surface area contributed by atoms with Gasteiger partial charge in [0, 0.05) is 0 Å². The van der Waals surface area contributed by atoms with Crippen LogP contribution < -0.4 is 0 Å². The molecule has 0 spiro atoms. The molecule has 7 rings (SSSR count). The van der Waals surface area contributed by atoms with Crippen molar-refractivity contribution in [1.82, 2.24) is 0 Å². The number of allylic oxidation sites excluding steroid dienone is 2. The number of ether oxygens (including phenoxy) is 6. The third-order valence-electron chi connectivity index (χ3n) is 18.7. The summed E-state index contributed by atoms with van der Waals surface area (Å²) in [4.78, 5) is 0. The first-order valence-electron chi connectivity index (χ1n) is 24.3. The minimum atomic E-state index is -1.75. The molecular formula is C48H82O18. The molecule has 0 amide bonds. The summed E-state index contributed by atoms with van der Waals surface area (Å²) in [6.07, 6.45) is -18.3. The lowest BCUT2D eigenvalue weighted by molar-refractivity contribution is -0.382. The van der Waals surface area contributed by atoms with Gasteiger partial charge < -0.3 is 89.7 Å². The van der Waals surface area contributed by atoms with Gasteiger partial charge in [0.1, 0.15) is 67.1 Å². The van der Waals surface area contributed by atoms with E-state index < -0.39 is 151 Å². The van der Waals surface area contributed by atoms with E-state index in [1.54, 1.807) is 0 Å². The smallest absolute Gasteiger partial charge is 0.187 e. The number of aliphatic hydroxyl groups is 12. The van der Waals surface area contributed by atoms with E-state index in [0.29, 0.717) is 51.4 Å². The molecule has 18 heteroatoms. The molecule has 3 heterocycles. The van der Waals surface area contributed by atoms with Crippen molar-refractivity contribution in [2.45, 2.75) is 230 Å². The van der Waals surface area contributed by atoms with Crippen LogP contribution in [0.3, 0.4) is 0 Å². The minimum absolute atomic E-state index is 0.0861. The van der Waals surface area contributed by atoms with E-state index in [2.05, 4.69) is 26.8 Å². The minimum Gasteiger partial charge on any atom is -0.394 e. The fraction of sp³-hybridized carbons (Fsp3) is 0.958. The van der Waals surface area contributed by atoms with Gasteiger partial charge in [-0.15, -0.1) is 0 Å². The van der Waals surface area contributed by atoms with E-state index in [0.717, 1.165) is 5.57 Å². The zero-order valence-electron chi connectivity index (χ0n) is 40.2. The molecule has 0 bridgehead atoms. The van der Waals surface area contributed by atoms with Gasteiger partial charge in [0.15, 0.2) is 18.9 Å². The summed E-state index contributed by atoms with van der Waals surface area (Å²) >= 11 is 0. The Kier molecular flexibility index (Phi) is 15.4. The molecule has 4 saturated carbocycles. The molecule has 3 aliphatic heterocycles. The lowest BCUT2D eigenvalue weighted by atomic mass is 9.34. The van der Waals surface area contributed by atoms with Gasteiger partial charge in [0.25, 0.3) is 0 Å². The Hall–Kier alpha value is -0.980. The SMILES string of the molecule is CC(C)=CCC[C@](C)(O[C@@H]1O[C@H](CO)[C@@H](O)[C@H](O)[C@@H]1O)[C@H]1CC[C@]2(C)[C@@H]1[C@H](O)C[C@@H]1[C@@]3(C)CC[C@H](O)C(C)(C)[C@@H]3[C@@H](O[C@H]3O[C@H](CO)[C@@H](O)[C@H](O)[C@H]3O[C@@H]3O[C@@H](C)[C@H](O)[C@H](O)[C@H]3O)C[C@]12C. The van der Waals surface area contributed by atoms with Gasteiger partial charge >= 0.3 is 0 Å². The van der Waals surface area contributed by atoms with Crippen LogP contribution >= 0.6 is 0 Å². The van der Waals surface area contributed by atoms with E-state index in [1.807, 2.05) is 34.6 Å². The van der Waals surface area contributed by atoms with Crippen LogP contribution in [0.5, 0.6) is 0 Å². The Balaban J connectivity index is 1.27. The summed E-state index contributed by atoms with van der Waals surface area (Å²) in [7, 11) is 0. The van der Waals surface area contributed by atoms with Crippen LogP contribution in [0.1, 0.15) is 114 Å². The Morgan fingerprint density at radius 2 is 1.27 bits per heavy atom. The number of hydrogen-bond acceptors (Lipinski definition) is 18. The van der Waals surface area contributed by atoms with Crippen molar-refractivity contribution in [3.8, 4) is 0 Å². The summed E-state index contributed by atoms with van der Waals surface area (Å²) in [6, 6.07) is 0. The summed E-state index contributed by atoms with van der Waals surface area (Å²) in [5.74, 6) is -1.12. The maximum absolute atomic E-state index is 12.7. The van der Waals surface area contributed by atoms with Crippen LogP contribution in [0.2, 0.25) is 0 Å². The van der Waals surface area contributed by atoms with Crippen LogP contribution in [-0.4, -0.2) is 191 Å². The molecule has 12 N–H and O–H groups in total. The lowest BCUT2D eigenvalue weighted by Gasteiger charge is -2.72. The van der Waals surface area contributed by atoms with Crippen LogP contribution in [0.25, 0.3) is 0 Å². The first-order chi connectivity index (χ1) is 30.7. The van der Waals surface area contributed by atoms with Crippen molar-refractivity contribution in [2.24, 2.45) is 45.3 Å². The predicted octanol–water partition coefficient (Wildman–Crippen LogP) is -0.0284. The molecule has 0 aromatic carbocycles. The first-order valence-corrected chi connectivity index (χ1v) is 24.3. The fourth-order valence-electron chi connectivity index (χ4n) is 14.9. The highest BCUT2D eigenvalue weighted by Gasteiger charge is 2.74. The molecule has 7 fully saturated rings. The predicted molar refractivity (Wildman–Crippen MR) is 234 cm³/mol. The Morgan fingerprint density at radius 3 is 1.89 bits per heavy atom. The third-order valence-corrected chi connectivity index (χ3v) is 18.7. The maximum atomic E-state index is 12.7. The molecule has 66 heavy (non-hydrogen) atoms. The zero-order valence-corrected chi connectivity index (χ0v) is 40.2. The molecule has 26 atom stereocenters. The quantitative estimate of drug-likeness (QED) is 0.0904. The van der Waals surface area contributed by atoms with Crippen LogP contribution in [-0.2, 0) is 28.4 Å². The average Bonchev–Trinajstić information content (AvgIpc) is 3.64. The molecule has 4 aliphatic carbocycles. The number of hydrogen-bond donors (Lipinski definition) is 12. The topological polar surface area (TPSA) is 298 Å². The highest BCUT2D eigenvalue weighted by Crippen LogP contribution is 2.76. The highest BCUT2D eigenvalue weighted by molar-refractivity contribution is 5.22. The van der Waals surface area contributed by atoms with Crippen LogP contribution in [0.15, 0.2) is 11.6 Å². The molecule has 0 aromatic heterocycles. The zero-order chi connectivity index (χ0) is 48.8. The second-order valence-electron chi connectivity index (χ2n) is 23.0. The van der Waals surface area contributed by atoms with E-state index in [9.17, 15) is 61.3 Å². The van der Waals surface area contributed by atoms with Gasteiger partial charge in [-0.25, -0.2) is 0 Å². The van der Waals surface area contributed by atoms with E-state index in [-0.39, 0.29) is 23.7 Å².